The van der Waals surface area contributed by atoms with Gasteiger partial charge in [0.15, 0.2) is 0 Å². The quantitative estimate of drug-likeness (QED) is 0.703. The Morgan fingerprint density at radius 1 is 1.00 bits per heavy atom. The average molecular weight is 297 g/mol. The molecule has 0 spiro atoms. The summed E-state index contributed by atoms with van der Waals surface area (Å²) in [4.78, 5) is 26.2. The van der Waals surface area contributed by atoms with E-state index in [-0.39, 0.29) is 12.3 Å². The van der Waals surface area contributed by atoms with E-state index < -0.39 is 11.4 Å². The highest BCUT2D eigenvalue weighted by Gasteiger charge is 2.42. The van der Waals surface area contributed by atoms with Crippen LogP contribution in [0.25, 0.3) is 0 Å². The van der Waals surface area contributed by atoms with Crippen LogP contribution >= 0.6 is 0 Å². The predicted molar refractivity (Wildman–Crippen MR) is 84.2 cm³/mol. The molecule has 1 N–H and O–H groups in total. The highest BCUT2D eigenvalue weighted by Crippen LogP contribution is 2.40. The molecule has 4 nitrogen and oxygen atoms in total. The number of hydrogen-bond acceptors (Lipinski definition) is 2. The summed E-state index contributed by atoms with van der Waals surface area (Å²) in [5, 5.41) is 9.60. The van der Waals surface area contributed by atoms with Crippen LogP contribution in [-0.2, 0) is 9.59 Å². The summed E-state index contributed by atoms with van der Waals surface area (Å²) in [5.41, 5.74) is -0.800. The van der Waals surface area contributed by atoms with Crippen molar-refractivity contribution in [2.45, 2.75) is 78.1 Å². The molecule has 122 valence electrons. The zero-order chi connectivity index (χ0) is 15.7. The molecule has 0 aromatic rings. The Bertz CT molecular complexity index is 327. The van der Waals surface area contributed by atoms with Gasteiger partial charge in [0, 0.05) is 19.5 Å². The fourth-order valence-corrected chi connectivity index (χ4v) is 3.16. The Kier molecular flexibility index (Phi) is 7.76. The van der Waals surface area contributed by atoms with Crippen molar-refractivity contribution >= 4 is 11.9 Å². The van der Waals surface area contributed by atoms with Crippen LogP contribution < -0.4 is 0 Å². The van der Waals surface area contributed by atoms with Gasteiger partial charge in [-0.3, -0.25) is 9.59 Å². The molecule has 1 aliphatic rings. The number of carboxylic acids is 1. The fourth-order valence-electron chi connectivity index (χ4n) is 3.16. The van der Waals surface area contributed by atoms with Crippen molar-refractivity contribution in [3.8, 4) is 0 Å². The van der Waals surface area contributed by atoms with E-state index in [2.05, 4.69) is 13.8 Å². The first-order valence-corrected chi connectivity index (χ1v) is 8.57. The van der Waals surface area contributed by atoms with Crippen LogP contribution in [0.4, 0.5) is 0 Å². The monoisotopic (exact) mass is 297 g/mol. The van der Waals surface area contributed by atoms with E-state index in [4.69, 9.17) is 0 Å². The number of hydrogen-bond donors (Lipinski definition) is 1. The van der Waals surface area contributed by atoms with Gasteiger partial charge in [0.05, 0.1) is 5.41 Å². The molecule has 1 amide bonds. The van der Waals surface area contributed by atoms with Gasteiger partial charge in [-0.05, 0) is 25.7 Å². The van der Waals surface area contributed by atoms with Gasteiger partial charge in [-0.2, -0.15) is 0 Å². The highest BCUT2D eigenvalue weighted by molar-refractivity contribution is 5.85. The Morgan fingerprint density at radius 2 is 1.52 bits per heavy atom. The normalized spacial score (nSPS) is 17.4. The topological polar surface area (TPSA) is 57.6 Å². The van der Waals surface area contributed by atoms with Crippen LogP contribution in [0.3, 0.4) is 0 Å². The molecule has 1 fully saturated rings. The van der Waals surface area contributed by atoms with Crippen molar-refractivity contribution in [2.24, 2.45) is 5.41 Å². The van der Waals surface area contributed by atoms with E-state index in [1.165, 1.54) is 0 Å². The molecule has 0 atom stereocenters. The van der Waals surface area contributed by atoms with E-state index in [1.807, 2.05) is 4.90 Å². The first kappa shape index (κ1) is 18.0. The first-order chi connectivity index (χ1) is 10.1. The van der Waals surface area contributed by atoms with Gasteiger partial charge in [-0.15, -0.1) is 0 Å². The molecule has 0 aromatic carbocycles. The number of rotatable bonds is 9. The van der Waals surface area contributed by atoms with E-state index in [1.54, 1.807) is 0 Å². The van der Waals surface area contributed by atoms with Gasteiger partial charge < -0.3 is 10.0 Å². The number of carbonyl (C=O) groups is 2. The molecule has 0 bridgehead atoms. The molecule has 0 heterocycles. The fraction of sp³-hybridized carbons (Fsp3) is 0.882. The standard InChI is InChI=1S/C17H31NO3/c1-3-5-12-18(13-6-4-2)15(19)14-17(16(20)21)10-8-7-9-11-17/h3-14H2,1-2H3,(H,20,21). The molecular weight excluding hydrogens is 266 g/mol. The summed E-state index contributed by atoms with van der Waals surface area (Å²) >= 11 is 0. The third-order valence-corrected chi connectivity index (χ3v) is 4.67. The van der Waals surface area contributed by atoms with Crippen molar-refractivity contribution in [1.82, 2.24) is 4.90 Å². The second-order valence-electron chi connectivity index (χ2n) is 6.41. The Hall–Kier alpha value is -1.06. The van der Waals surface area contributed by atoms with Crippen LogP contribution in [0.5, 0.6) is 0 Å². The number of nitrogens with zero attached hydrogens (tertiary/aromatic N) is 1. The minimum absolute atomic E-state index is 0.0428. The lowest BCUT2D eigenvalue weighted by Crippen LogP contribution is -2.41. The molecule has 0 unspecified atom stereocenters. The maximum atomic E-state index is 12.6. The van der Waals surface area contributed by atoms with Crippen LogP contribution in [0.15, 0.2) is 0 Å². The second kappa shape index (κ2) is 9.06. The lowest BCUT2D eigenvalue weighted by molar-refractivity contribution is -0.156. The van der Waals surface area contributed by atoms with E-state index in [0.717, 1.165) is 58.0 Å². The summed E-state index contributed by atoms with van der Waals surface area (Å²) in [6, 6.07) is 0. The number of unbranched alkanes of at least 4 members (excludes halogenated alkanes) is 2. The minimum Gasteiger partial charge on any atom is -0.481 e. The van der Waals surface area contributed by atoms with Gasteiger partial charge in [-0.1, -0.05) is 46.0 Å². The third kappa shape index (κ3) is 5.33. The molecule has 1 aliphatic carbocycles. The van der Waals surface area contributed by atoms with Crippen LogP contribution in [0, 0.1) is 5.41 Å². The molecule has 0 radical (unpaired) electrons. The Balaban J connectivity index is 2.69. The smallest absolute Gasteiger partial charge is 0.310 e. The zero-order valence-corrected chi connectivity index (χ0v) is 13.7. The third-order valence-electron chi connectivity index (χ3n) is 4.67. The van der Waals surface area contributed by atoms with Gasteiger partial charge >= 0.3 is 5.97 Å². The van der Waals surface area contributed by atoms with Crippen molar-refractivity contribution in [2.75, 3.05) is 13.1 Å². The van der Waals surface area contributed by atoms with Gasteiger partial charge in [0.1, 0.15) is 0 Å². The Labute approximate surface area is 128 Å². The molecule has 21 heavy (non-hydrogen) atoms. The number of aliphatic carboxylic acids is 1. The molecule has 0 saturated heterocycles. The summed E-state index contributed by atoms with van der Waals surface area (Å²) in [5.74, 6) is -0.734. The molecular formula is C17H31NO3. The largest absolute Gasteiger partial charge is 0.481 e. The summed E-state index contributed by atoms with van der Waals surface area (Å²) in [7, 11) is 0. The molecule has 1 saturated carbocycles. The van der Waals surface area contributed by atoms with Crippen molar-refractivity contribution in [1.29, 1.82) is 0 Å². The van der Waals surface area contributed by atoms with Gasteiger partial charge in [0.25, 0.3) is 0 Å². The maximum Gasteiger partial charge on any atom is 0.310 e. The average Bonchev–Trinajstić information content (AvgIpc) is 2.48. The lowest BCUT2D eigenvalue weighted by Gasteiger charge is -2.34. The lowest BCUT2D eigenvalue weighted by atomic mass is 9.71. The number of carboxylic acid groups (broad SMARTS) is 1. The predicted octanol–water partition coefficient (Wildman–Crippen LogP) is 3.84. The van der Waals surface area contributed by atoms with Crippen LogP contribution in [-0.4, -0.2) is 35.0 Å². The number of amides is 1. The zero-order valence-electron chi connectivity index (χ0n) is 13.7. The molecule has 0 aliphatic heterocycles. The maximum absolute atomic E-state index is 12.6. The SMILES string of the molecule is CCCCN(CCCC)C(=O)CC1(C(=O)O)CCCCC1. The number of carbonyl (C=O) groups excluding carboxylic acids is 1. The van der Waals surface area contributed by atoms with Gasteiger partial charge in [0.2, 0.25) is 5.91 Å². The van der Waals surface area contributed by atoms with Crippen LogP contribution in [0.1, 0.15) is 78.1 Å². The first-order valence-electron chi connectivity index (χ1n) is 8.57. The van der Waals surface area contributed by atoms with E-state index in [9.17, 15) is 14.7 Å². The molecule has 0 aromatic heterocycles. The summed E-state index contributed by atoms with van der Waals surface area (Å²) in [6.07, 6.45) is 8.57. The van der Waals surface area contributed by atoms with Crippen molar-refractivity contribution in [3.05, 3.63) is 0 Å². The second-order valence-corrected chi connectivity index (χ2v) is 6.41. The van der Waals surface area contributed by atoms with Gasteiger partial charge in [-0.25, -0.2) is 0 Å². The molecule has 4 heteroatoms. The van der Waals surface area contributed by atoms with E-state index >= 15 is 0 Å². The minimum atomic E-state index is -0.800. The highest BCUT2D eigenvalue weighted by atomic mass is 16.4. The Morgan fingerprint density at radius 3 is 1.95 bits per heavy atom. The summed E-state index contributed by atoms with van der Waals surface area (Å²) < 4.78 is 0. The van der Waals surface area contributed by atoms with Crippen molar-refractivity contribution in [3.63, 3.8) is 0 Å². The van der Waals surface area contributed by atoms with E-state index in [0.29, 0.717) is 12.8 Å². The molecule has 1 rings (SSSR count). The van der Waals surface area contributed by atoms with Crippen LogP contribution in [0.2, 0.25) is 0 Å². The summed E-state index contributed by atoms with van der Waals surface area (Å²) in [6.45, 7) is 5.76. The van der Waals surface area contributed by atoms with Crippen molar-refractivity contribution < 1.29 is 14.7 Å².